The maximum atomic E-state index is 13.3. The first-order valence-electron chi connectivity index (χ1n) is 8.87. The van der Waals surface area contributed by atoms with Gasteiger partial charge in [-0.3, -0.25) is 4.79 Å². The first kappa shape index (κ1) is 20.6. The number of sulfonamides is 1. The van der Waals surface area contributed by atoms with Crippen LogP contribution >= 0.6 is 0 Å². The maximum Gasteiger partial charge on any atom is 0.249 e. The van der Waals surface area contributed by atoms with E-state index < -0.39 is 15.6 Å². The highest BCUT2D eigenvalue weighted by Gasteiger charge is 2.25. The number of nitrogens with one attached hydrogen (secondary N) is 1. The minimum Gasteiger partial charge on any atom is -0.497 e. The van der Waals surface area contributed by atoms with Gasteiger partial charge in [-0.05, 0) is 41.5 Å². The molecule has 0 atom stereocenters. The van der Waals surface area contributed by atoms with Crippen molar-refractivity contribution in [3.05, 3.63) is 88.3 Å². The Morgan fingerprint density at radius 2 is 1.31 bits per heavy atom. The molecule has 8 heteroatoms. The Morgan fingerprint density at radius 3 is 1.72 bits per heavy atom. The lowest BCUT2D eigenvalue weighted by molar-refractivity contribution is 0.397. The number of aromatic nitrogens is 1. The van der Waals surface area contributed by atoms with Crippen LogP contribution in [-0.2, 0) is 23.1 Å². The fraction of sp³-hybridized carbons (Fsp3) is 0.190. The summed E-state index contributed by atoms with van der Waals surface area (Å²) in [4.78, 5) is 14.0. The highest BCUT2D eigenvalue weighted by Crippen LogP contribution is 2.22. The SMILES string of the molecule is COc1ccc(CN(Cc2ccc(OC)cc2)S(=O)(=O)c2cc[nH]c(=O)c2)cc1. The maximum absolute atomic E-state index is 13.3. The molecule has 1 N–H and O–H groups in total. The third-order valence-corrected chi connectivity index (χ3v) is 6.21. The van der Waals surface area contributed by atoms with Crippen LogP contribution in [0.3, 0.4) is 0 Å². The van der Waals surface area contributed by atoms with Gasteiger partial charge in [0.05, 0.1) is 19.1 Å². The average Bonchev–Trinajstić information content (AvgIpc) is 2.74. The number of hydrogen-bond acceptors (Lipinski definition) is 5. The largest absolute Gasteiger partial charge is 0.497 e. The molecule has 2 aromatic carbocycles. The minimum atomic E-state index is -3.90. The molecule has 29 heavy (non-hydrogen) atoms. The van der Waals surface area contributed by atoms with Crippen molar-refractivity contribution in [1.82, 2.24) is 9.29 Å². The van der Waals surface area contributed by atoms with Crippen LogP contribution in [0.4, 0.5) is 0 Å². The number of nitrogens with zero attached hydrogens (tertiary/aromatic N) is 1. The molecule has 3 aromatic rings. The van der Waals surface area contributed by atoms with Crippen molar-refractivity contribution in [2.75, 3.05) is 14.2 Å². The number of hydrogen-bond donors (Lipinski definition) is 1. The van der Waals surface area contributed by atoms with Crippen LogP contribution in [0.5, 0.6) is 11.5 Å². The predicted molar refractivity (Wildman–Crippen MR) is 109 cm³/mol. The molecule has 0 aliphatic rings. The molecule has 0 saturated heterocycles. The van der Waals surface area contributed by atoms with E-state index in [1.807, 2.05) is 24.3 Å². The highest BCUT2D eigenvalue weighted by atomic mass is 32.2. The first-order valence-corrected chi connectivity index (χ1v) is 10.3. The Labute approximate surface area is 169 Å². The molecular weight excluding hydrogens is 392 g/mol. The monoisotopic (exact) mass is 414 g/mol. The Morgan fingerprint density at radius 1 is 0.828 bits per heavy atom. The Bertz CT molecular complexity index is 1060. The second kappa shape index (κ2) is 8.93. The molecular formula is C21H22N2O5S. The van der Waals surface area contributed by atoms with E-state index in [9.17, 15) is 13.2 Å². The van der Waals surface area contributed by atoms with Gasteiger partial charge in [0.1, 0.15) is 11.5 Å². The Hall–Kier alpha value is -3.10. The summed E-state index contributed by atoms with van der Waals surface area (Å²) in [5.74, 6) is 1.38. The zero-order valence-electron chi connectivity index (χ0n) is 16.2. The summed E-state index contributed by atoms with van der Waals surface area (Å²) in [5.41, 5.74) is 1.13. The predicted octanol–water partition coefficient (Wildman–Crippen LogP) is 2.78. The van der Waals surface area contributed by atoms with Gasteiger partial charge in [0.15, 0.2) is 0 Å². The molecule has 0 radical (unpaired) electrons. The highest BCUT2D eigenvalue weighted by molar-refractivity contribution is 7.89. The summed E-state index contributed by atoms with van der Waals surface area (Å²) in [6.45, 7) is 0.288. The number of H-pyrrole nitrogens is 1. The van der Waals surface area contributed by atoms with Gasteiger partial charge in [0, 0.05) is 25.4 Å². The van der Waals surface area contributed by atoms with Crippen molar-refractivity contribution >= 4 is 10.0 Å². The van der Waals surface area contributed by atoms with Crippen molar-refractivity contribution < 1.29 is 17.9 Å². The quantitative estimate of drug-likeness (QED) is 0.612. The Balaban J connectivity index is 1.95. The molecule has 1 aromatic heterocycles. The van der Waals surface area contributed by atoms with Gasteiger partial charge in [-0.2, -0.15) is 4.31 Å². The molecule has 0 saturated carbocycles. The summed E-state index contributed by atoms with van der Waals surface area (Å²) in [5, 5.41) is 0. The fourth-order valence-corrected chi connectivity index (χ4v) is 4.26. The average molecular weight is 414 g/mol. The first-order chi connectivity index (χ1) is 13.9. The summed E-state index contributed by atoms with van der Waals surface area (Å²) in [6, 6.07) is 16.8. The topological polar surface area (TPSA) is 88.7 Å². The van der Waals surface area contributed by atoms with Crippen molar-refractivity contribution in [2.45, 2.75) is 18.0 Å². The van der Waals surface area contributed by atoms with Crippen LogP contribution in [0, 0.1) is 0 Å². The van der Waals surface area contributed by atoms with Gasteiger partial charge in [-0.1, -0.05) is 24.3 Å². The summed E-state index contributed by atoms with van der Waals surface area (Å²) < 4.78 is 38.2. The van der Waals surface area contributed by atoms with E-state index in [-0.39, 0.29) is 18.0 Å². The summed E-state index contributed by atoms with van der Waals surface area (Å²) in [7, 11) is -0.757. The van der Waals surface area contributed by atoms with Gasteiger partial charge < -0.3 is 14.5 Å². The van der Waals surface area contributed by atoms with Crippen molar-refractivity contribution in [3.8, 4) is 11.5 Å². The standard InChI is InChI=1S/C21H22N2O5S/c1-27-18-7-3-16(4-8-18)14-23(15-17-5-9-19(28-2)10-6-17)29(25,26)20-11-12-22-21(24)13-20/h3-13H,14-15H2,1-2H3,(H,22,24). The smallest absolute Gasteiger partial charge is 0.249 e. The Kier molecular flexibility index (Phi) is 6.36. The lowest BCUT2D eigenvalue weighted by atomic mass is 10.2. The van der Waals surface area contributed by atoms with E-state index in [2.05, 4.69) is 4.98 Å². The van der Waals surface area contributed by atoms with Crippen LogP contribution < -0.4 is 15.0 Å². The van der Waals surface area contributed by atoms with Gasteiger partial charge in [-0.25, -0.2) is 8.42 Å². The minimum absolute atomic E-state index is 0.0525. The van der Waals surface area contributed by atoms with E-state index in [4.69, 9.17) is 9.47 Å². The number of ether oxygens (including phenoxy) is 2. The number of aromatic amines is 1. The van der Waals surface area contributed by atoms with E-state index in [1.54, 1.807) is 38.5 Å². The number of rotatable bonds is 8. The molecule has 0 spiro atoms. The molecule has 1 heterocycles. The second-order valence-electron chi connectivity index (χ2n) is 6.36. The second-order valence-corrected chi connectivity index (χ2v) is 8.30. The summed E-state index contributed by atoms with van der Waals surface area (Å²) in [6.07, 6.45) is 1.33. The molecule has 0 amide bonds. The van der Waals surface area contributed by atoms with Crippen LogP contribution in [-0.4, -0.2) is 31.9 Å². The van der Waals surface area contributed by atoms with Gasteiger partial charge in [-0.15, -0.1) is 0 Å². The van der Waals surface area contributed by atoms with Crippen molar-refractivity contribution in [1.29, 1.82) is 0 Å². The van der Waals surface area contributed by atoms with Gasteiger partial charge >= 0.3 is 0 Å². The van der Waals surface area contributed by atoms with E-state index in [1.165, 1.54) is 16.6 Å². The van der Waals surface area contributed by atoms with Crippen molar-refractivity contribution in [3.63, 3.8) is 0 Å². The molecule has 3 rings (SSSR count). The van der Waals surface area contributed by atoms with Crippen LogP contribution in [0.15, 0.2) is 76.6 Å². The zero-order chi connectivity index (χ0) is 20.9. The van der Waals surface area contributed by atoms with E-state index in [0.29, 0.717) is 11.5 Å². The van der Waals surface area contributed by atoms with Crippen molar-refractivity contribution in [2.24, 2.45) is 0 Å². The number of methoxy groups -OCH3 is 2. The lowest BCUT2D eigenvalue weighted by Gasteiger charge is -2.22. The van der Waals surface area contributed by atoms with Crippen LogP contribution in [0.1, 0.15) is 11.1 Å². The van der Waals surface area contributed by atoms with E-state index in [0.717, 1.165) is 17.2 Å². The molecule has 0 aliphatic carbocycles. The van der Waals surface area contributed by atoms with E-state index >= 15 is 0 Å². The zero-order valence-corrected chi connectivity index (χ0v) is 17.0. The molecule has 0 fully saturated rings. The number of benzene rings is 2. The van der Waals surface area contributed by atoms with Crippen LogP contribution in [0.2, 0.25) is 0 Å². The van der Waals surface area contributed by atoms with Gasteiger partial charge in [0.2, 0.25) is 15.6 Å². The number of pyridine rings is 1. The van der Waals surface area contributed by atoms with Gasteiger partial charge in [0.25, 0.3) is 0 Å². The molecule has 7 nitrogen and oxygen atoms in total. The lowest BCUT2D eigenvalue weighted by Crippen LogP contribution is -2.31. The fourth-order valence-electron chi connectivity index (χ4n) is 2.83. The molecule has 152 valence electrons. The third kappa shape index (κ3) is 5.04. The normalized spacial score (nSPS) is 11.4. The molecule has 0 unspecified atom stereocenters. The third-order valence-electron chi connectivity index (χ3n) is 4.42. The molecule has 0 bridgehead atoms. The molecule has 0 aliphatic heterocycles. The van der Waals surface area contributed by atoms with Crippen LogP contribution in [0.25, 0.3) is 0 Å². The summed E-state index contributed by atoms with van der Waals surface area (Å²) >= 11 is 0.